The van der Waals surface area contributed by atoms with Crippen molar-refractivity contribution >= 4 is 17.5 Å². The maximum absolute atomic E-state index is 14.4. The molecular formula is C40H46F5N3O5. The zero-order valence-corrected chi connectivity index (χ0v) is 30.2. The summed E-state index contributed by atoms with van der Waals surface area (Å²) in [6, 6.07) is 13.3. The molecule has 3 N–H and O–H groups in total. The number of aliphatic hydroxyl groups excluding tert-OH is 1. The van der Waals surface area contributed by atoms with Crippen LogP contribution in [0.15, 0.2) is 48.5 Å². The molecule has 0 aromatic heterocycles. The molecule has 6 rings (SSSR count). The Bertz CT molecular complexity index is 1790. The molecule has 3 fully saturated rings. The highest BCUT2D eigenvalue weighted by Crippen LogP contribution is 2.44. The molecule has 53 heavy (non-hydrogen) atoms. The van der Waals surface area contributed by atoms with E-state index in [4.69, 9.17) is 9.47 Å². The average Bonchev–Trinajstić information content (AvgIpc) is 3.13. The maximum atomic E-state index is 14.4. The quantitative estimate of drug-likeness (QED) is 0.124. The number of nitrogens with one attached hydrogen (secondary N) is 2. The number of hydrogen-bond acceptors (Lipinski definition) is 6. The van der Waals surface area contributed by atoms with Crippen LogP contribution in [-0.4, -0.2) is 52.1 Å². The zero-order valence-electron chi connectivity index (χ0n) is 30.2. The van der Waals surface area contributed by atoms with E-state index in [0.717, 1.165) is 49.7 Å². The fourth-order valence-corrected chi connectivity index (χ4v) is 8.02. The normalized spacial score (nSPS) is 26.5. The SMILES string of the molecule is C[C@H]1[C@@H](CN2[C@@H](C(=O)NC(C)(C)C)CC[C@H]3CCCC[C@H]32)O[C@@H](c2cccc(NC(=O)c3c(F)c(F)c(F)c(F)c3F)c2)O[C@H]1c1ccc(CO)cc1. The summed E-state index contributed by atoms with van der Waals surface area (Å²) in [5, 5.41) is 15.1. The topological polar surface area (TPSA) is 100 Å². The lowest BCUT2D eigenvalue weighted by atomic mass is 9.75. The molecule has 3 aromatic carbocycles. The van der Waals surface area contributed by atoms with E-state index < -0.39 is 64.6 Å². The van der Waals surface area contributed by atoms with Gasteiger partial charge in [-0.05, 0) is 75.6 Å². The minimum atomic E-state index is -2.36. The minimum absolute atomic E-state index is 0.00246. The van der Waals surface area contributed by atoms with Crippen molar-refractivity contribution in [2.45, 2.75) is 109 Å². The summed E-state index contributed by atoms with van der Waals surface area (Å²) in [4.78, 5) is 29.0. The van der Waals surface area contributed by atoms with Gasteiger partial charge in [0.2, 0.25) is 11.7 Å². The van der Waals surface area contributed by atoms with Crippen LogP contribution >= 0.6 is 0 Å². The van der Waals surface area contributed by atoms with Gasteiger partial charge in [-0.3, -0.25) is 14.5 Å². The first-order chi connectivity index (χ1) is 25.2. The van der Waals surface area contributed by atoms with Gasteiger partial charge in [-0.1, -0.05) is 56.2 Å². The van der Waals surface area contributed by atoms with Crippen molar-refractivity contribution < 1.29 is 46.1 Å². The van der Waals surface area contributed by atoms with E-state index in [0.29, 0.717) is 18.0 Å². The molecule has 7 atom stereocenters. The van der Waals surface area contributed by atoms with Crippen LogP contribution in [0.25, 0.3) is 0 Å². The van der Waals surface area contributed by atoms with Crippen LogP contribution in [0.3, 0.4) is 0 Å². The van der Waals surface area contributed by atoms with Crippen molar-refractivity contribution in [3.05, 3.63) is 99.9 Å². The number of piperidine rings is 1. The number of hydrogen-bond donors (Lipinski definition) is 3. The summed E-state index contributed by atoms with van der Waals surface area (Å²) in [6.07, 6.45) is 4.02. The molecule has 3 aromatic rings. The predicted octanol–water partition coefficient (Wildman–Crippen LogP) is 7.86. The Morgan fingerprint density at radius 2 is 1.51 bits per heavy atom. The number of carbonyl (C=O) groups excluding carboxylic acids is 2. The molecule has 0 unspecified atom stereocenters. The summed E-state index contributed by atoms with van der Waals surface area (Å²) in [7, 11) is 0. The highest BCUT2D eigenvalue weighted by molar-refractivity contribution is 6.04. The number of benzene rings is 3. The number of halogens is 5. The molecule has 0 radical (unpaired) electrons. The molecule has 0 bridgehead atoms. The van der Waals surface area contributed by atoms with Gasteiger partial charge < -0.3 is 25.2 Å². The standard InChI is InChI=1S/C40H46F5N3O5/c1-21-29(19-48-27-11-6-5-8-23(27)16-17-28(48)37(50)47-40(2,3)4)52-39(53-36(21)24-14-12-22(20-49)13-15-24)25-9-7-10-26(18-25)46-38(51)30-31(41)33(43)35(45)34(44)32(30)42/h7,9-10,12-15,18,21,23,27-29,36,39,49H,5-6,8,11,16-17,19-20H2,1-4H3,(H,46,51)(H,47,50)/t21-,23+,27+,28+,29+,36+,39+/m0/s1. The van der Waals surface area contributed by atoms with Crippen molar-refractivity contribution in [2.75, 3.05) is 11.9 Å². The van der Waals surface area contributed by atoms with Crippen molar-refractivity contribution in [1.82, 2.24) is 10.2 Å². The number of amides is 2. The largest absolute Gasteiger partial charge is 0.392 e. The van der Waals surface area contributed by atoms with Gasteiger partial charge in [-0.2, -0.15) is 0 Å². The number of ether oxygens (including phenoxy) is 2. The molecule has 2 saturated heterocycles. The monoisotopic (exact) mass is 743 g/mol. The van der Waals surface area contributed by atoms with Gasteiger partial charge >= 0.3 is 0 Å². The third kappa shape index (κ3) is 8.28. The first kappa shape index (κ1) is 38.8. The summed E-state index contributed by atoms with van der Waals surface area (Å²) >= 11 is 0. The molecule has 2 heterocycles. The average molecular weight is 744 g/mol. The first-order valence-electron chi connectivity index (χ1n) is 18.2. The third-order valence-corrected chi connectivity index (χ3v) is 10.7. The van der Waals surface area contributed by atoms with Gasteiger partial charge in [-0.15, -0.1) is 0 Å². The number of anilines is 1. The van der Waals surface area contributed by atoms with E-state index in [2.05, 4.69) is 15.5 Å². The zero-order chi connectivity index (χ0) is 38.2. The van der Waals surface area contributed by atoms with Gasteiger partial charge in [0.1, 0.15) is 5.56 Å². The highest BCUT2D eigenvalue weighted by Gasteiger charge is 2.46. The second-order valence-corrected chi connectivity index (χ2v) is 15.5. The van der Waals surface area contributed by atoms with Crippen molar-refractivity contribution in [1.29, 1.82) is 0 Å². The van der Waals surface area contributed by atoms with E-state index in [1.807, 2.05) is 52.0 Å². The molecule has 13 heteroatoms. The number of nitrogens with zero attached hydrogens (tertiary/aromatic N) is 1. The third-order valence-electron chi connectivity index (χ3n) is 10.7. The smallest absolute Gasteiger partial charge is 0.261 e. The van der Waals surface area contributed by atoms with Gasteiger partial charge in [0, 0.05) is 35.3 Å². The Balaban J connectivity index is 1.32. The molecular weight excluding hydrogens is 697 g/mol. The number of rotatable bonds is 8. The van der Waals surface area contributed by atoms with Crippen LogP contribution in [-0.2, 0) is 20.9 Å². The van der Waals surface area contributed by atoms with E-state index in [9.17, 15) is 36.6 Å². The second-order valence-electron chi connectivity index (χ2n) is 15.5. The fraction of sp³-hybridized carbons (Fsp3) is 0.500. The predicted molar refractivity (Wildman–Crippen MR) is 187 cm³/mol. The number of aliphatic hydroxyl groups is 1. The molecule has 286 valence electrons. The van der Waals surface area contributed by atoms with Crippen LogP contribution in [0.2, 0.25) is 0 Å². The Kier molecular flexibility index (Phi) is 11.6. The lowest BCUT2D eigenvalue weighted by Gasteiger charge is -2.51. The fourth-order valence-electron chi connectivity index (χ4n) is 8.02. The van der Waals surface area contributed by atoms with Crippen LogP contribution in [0.1, 0.15) is 106 Å². The van der Waals surface area contributed by atoms with Crippen LogP contribution < -0.4 is 10.6 Å². The Morgan fingerprint density at radius 1 is 0.849 bits per heavy atom. The van der Waals surface area contributed by atoms with Crippen molar-refractivity contribution in [2.24, 2.45) is 11.8 Å². The lowest BCUT2D eigenvalue weighted by molar-refractivity contribution is -0.278. The number of likely N-dealkylation sites (tertiary alicyclic amines) is 1. The van der Waals surface area contributed by atoms with Crippen LogP contribution in [0.5, 0.6) is 0 Å². The molecule has 8 nitrogen and oxygen atoms in total. The van der Waals surface area contributed by atoms with E-state index in [-0.39, 0.29) is 36.2 Å². The summed E-state index contributed by atoms with van der Waals surface area (Å²) in [5.41, 5.74) is -0.0383. The Hall–Kier alpha value is -3.91. The van der Waals surface area contributed by atoms with Crippen molar-refractivity contribution in [3.8, 4) is 0 Å². The molecule has 2 amide bonds. The van der Waals surface area contributed by atoms with E-state index in [1.165, 1.54) is 12.1 Å². The van der Waals surface area contributed by atoms with Gasteiger partial charge in [0.15, 0.2) is 29.6 Å². The van der Waals surface area contributed by atoms with Gasteiger partial charge in [-0.25, -0.2) is 22.0 Å². The number of fused-ring (bicyclic) bond motifs is 1. The van der Waals surface area contributed by atoms with Crippen LogP contribution in [0.4, 0.5) is 27.6 Å². The second kappa shape index (κ2) is 15.8. The maximum Gasteiger partial charge on any atom is 0.261 e. The van der Waals surface area contributed by atoms with Crippen molar-refractivity contribution in [3.63, 3.8) is 0 Å². The van der Waals surface area contributed by atoms with Crippen LogP contribution in [0, 0.1) is 40.9 Å². The minimum Gasteiger partial charge on any atom is -0.392 e. The summed E-state index contributed by atoms with van der Waals surface area (Å²) in [5.74, 6) is -12.6. The molecule has 3 aliphatic rings. The first-order valence-corrected chi connectivity index (χ1v) is 18.2. The Labute approximate surface area is 306 Å². The molecule has 1 aliphatic carbocycles. The van der Waals surface area contributed by atoms with E-state index >= 15 is 0 Å². The highest BCUT2D eigenvalue weighted by atomic mass is 19.2. The number of carbonyl (C=O) groups is 2. The lowest BCUT2D eigenvalue weighted by Crippen LogP contribution is -2.61. The molecule has 0 spiro atoms. The van der Waals surface area contributed by atoms with Gasteiger partial charge in [0.25, 0.3) is 5.91 Å². The molecule has 2 aliphatic heterocycles. The summed E-state index contributed by atoms with van der Waals surface area (Å²) < 4.78 is 83.6. The summed E-state index contributed by atoms with van der Waals surface area (Å²) in [6.45, 7) is 8.21. The Morgan fingerprint density at radius 3 is 2.17 bits per heavy atom. The molecule has 1 saturated carbocycles. The van der Waals surface area contributed by atoms with Gasteiger partial charge in [0.05, 0.1) is 24.9 Å². The van der Waals surface area contributed by atoms with E-state index in [1.54, 1.807) is 12.1 Å².